The number of carbonyl (C=O) groups excluding carboxylic acids is 1. The van der Waals surface area contributed by atoms with Crippen molar-refractivity contribution in [1.29, 1.82) is 0 Å². The summed E-state index contributed by atoms with van der Waals surface area (Å²) < 4.78 is 0. The number of hydrogen-bond donors (Lipinski definition) is 1. The highest BCUT2D eigenvalue weighted by Crippen LogP contribution is 2.14. The summed E-state index contributed by atoms with van der Waals surface area (Å²) in [4.78, 5) is 27.3. The first-order valence-corrected chi connectivity index (χ1v) is 6.12. The highest BCUT2D eigenvalue weighted by molar-refractivity contribution is 6.29. The summed E-state index contributed by atoms with van der Waals surface area (Å²) in [6, 6.07) is 11.4. The number of benzene rings is 1. The first kappa shape index (κ1) is 14.0. The van der Waals surface area contributed by atoms with Gasteiger partial charge >= 0.3 is 5.97 Å². The lowest BCUT2D eigenvalue weighted by Gasteiger charge is -2.02. The molecule has 100 valence electrons. The molecule has 0 spiro atoms. The predicted molar refractivity (Wildman–Crippen MR) is 75.6 cm³/mol. The molecule has 1 N–H and O–H groups in total. The third kappa shape index (κ3) is 3.30. The Morgan fingerprint density at radius 3 is 2.35 bits per heavy atom. The van der Waals surface area contributed by atoms with Gasteiger partial charge in [-0.25, -0.2) is 9.78 Å². The Bertz CT molecular complexity index is 663. The Morgan fingerprint density at radius 2 is 1.80 bits per heavy atom. The molecule has 4 nitrogen and oxygen atoms in total. The van der Waals surface area contributed by atoms with Gasteiger partial charge in [0.1, 0.15) is 10.7 Å². The molecule has 1 aromatic carbocycles. The molecule has 1 heterocycles. The molecule has 1 aromatic heterocycles. The number of nitrogens with zero attached hydrogens (tertiary/aromatic N) is 1. The number of aliphatic carboxylic acids is 1. The van der Waals surface area contributed by atoms with Gasteiger partial charge in [-0.2, -0.15) is 0 Å². The third-order valence-electron chi connectivity index (χ3n) is 2.57. The molecule has 0 aliphatic heterocycles. The number of pyridine rings is 1. The summed E-state index contributed by atoms with van der Waals surface area (Å²) in [5.41, 5.74) is 0.500. The number of carbonyl (C=O) groups is 2. The fourth-order valence-corrected chi connectivity index (χ4v) is 1.72. The Hall–Kier alpha value is -2.46. The molecule has 20 heavy (non-hydrogen) atoms. The Morgan fingerprint density at radius 1 is 1.10 bits per heavy atom. The zero-order valence-electron chi connectivity index (χ0n) is 10.3. The average Bonchev–Trinajstić information content (AvgIpc) is 2.46. The fraction of sp³-hybridized carbons (Fsp3) is 0. The summed E-state index contributed by atoms with van der Waals surface area (Å²) in [5.74, 6) is -1.83. The largest absolute Gasteiger partial charge is 0.478 e. The summed E-state index contributed by atoms with van der Waals surface area (Å²) >= 11 is 5.65. The zero-order chi connectivity index (χ0) is 14.5. The minimum Gasteiger partial charge on any atom is -0.478 e. The summed E-state index contributed by atoms with van der Waals surface area (Å²) in [7, 11) is 0. The van der Waals surface area contributed by atoms with Gasteiger partial charge in [-0.3, -0.25) is 4.79 Å². The van der Waals surface area contributed by atoms with Gasteiger partial charge in [0.25, 0.3) is 0 Å². The maximum absolute atomic E-state index is 12.2. The molecular weight excluding hydrogens is 278 g/mol. The topological polar surface area (TPSA) is 67.3 Å². The van der Waals surface area contributed by atoms with E-state index in [9.17, 15) is 14.7 Å². The van der Waals surface area contributed by atoms with Crippen LogP contribution < -0.4 is 0 Å². The van der Waals surface area contributed by atoms with Crippen LogP contribution in [-0.4, -0.2) is 21.8 Å². The monoisotopic (exact) mass is 287 g/mol. The van der Waals surface area contributed by atoms with Crippen LogP contribution in [0.4, 0.5) is 0 Å². The first-order valence-electron chi connectivity index (χ1n) is 5.74. The molecule has 0 atom stereocenters. The summed E-state index contributed by atoms with van der Waals surface area (Å²) in [6.45, 7) is 0. The van der Waals surface area contributed by atoms with Crippen molar-refractivity contribution in [2.45, 2.75) is 0 Å². The number of hydrogen-bond acceptors (Lipinski definition) is 3. The second kappa shape index (κ2) is 6.12. The number of halogens is 1. The quantitative estimate of drug-likeness (QED) is 0.308. The second-order valence-electron chi connectivity index (χ2n) is 3.97. The number of ketones is 1. The Kier molecular flexibility index (Phi) is 4.27. The number of Topliss-reactive ketones (excluding diaryl/α,β-unsaturated/α-hetero) is 1. The van der Waals surface area contributed by atoms with Crippen LogP contribution >= 0.6 is 11.6 Å². The van der Waals surface area contributed by atoms with Crippen LogP contribution in [0.15, 0.2) is 54.2 Å². The van der Waals surface area contributed by atoms with E-state index in [0.29, 0.717) is 16.3 Å². The maximum atomic E-state index is 12.2. The molecule has 0 saturated carbocycles. The van der Waals surface area contributed by atoms with Gasteiger partial charge in [-0.05, 0) is 17.7 Å². The molecule has 0 aliphatic carbocycles. The molecule has 2 aromatic rings. The molecular formula is C15H10ClNO3. The van der Waals surface area contributed by atoms with Gasteiger partial charge in [0.15, 0.2) is 5.78 Å². The minimum absolute atomic E-state index is 0.299. The van der Waals surface area contributed by atoms with Gasteiger partial charge in [0.05, 0.1) is 0 Å². The van der Waals surface area contributed by atoms with Crippen LogP contribution in [0.2, 0.25) is 5.15 Å². The van der Waals surface area contributed by atoms with E-state index in [2.05, 4.69) is 4.98 Å². The van der Waals surface area contributed by atoms with Crippen molar-refractivity contribution in [2.75, 3.05) is 0 Å². The Balaban J connectivity index is 2.39. The van der Waals surface area contributed by atoms with E-state index in [1.807, 2.05) is 0 Å². The molecule has 2 rings (SSSR count). The van der Waals surface area contributed by atoms with Gasteiger partial charge in [0.2, 0.25) is 0 Å². The summed E-state index contributed by atoms with van der Waals surface area (Å²) in [6.07, 6.45) is 2.69. The lowest BCUT2D eigenvalue weighted by atomic mass is 10.0. The van der Waals surface area contributed by atoms with E-state index < -0.39 is 11.8 Å². The molecule has 0 fully saturated rings. The lowest BCUT2D eigenvalue weighted by Crippen LogP contribution is -2.12. The molecule has 0 saturated heterocycles. The first-order chi connectivity index (χ1) is 9.58. The van der Waals surface area contributed by atoms with Gasteiger partial charge in [-0.1, -0.05) is 48.0 Å². The highest BCUT2D eigenvalue weighted by atomic mass is 35.5. The molecule has 0 amide bonds. The van der Waals surface area contributed by atoms with Crippen LogP contribution in [0.5, 0.6) is 0 Å². The Labute approximate surface area is 120 Å². The third-order valence-corrected chi connectivity index (χ3v) is 2.80. The minimum atomic E-state index is -1.28. The average molecular weight is 288 g/mol. The SMILES string of the molecule is O=C(O)/C(=C\c1ccc(Cl)nc1)C(=O)c1ccccc1. The highest BCUT2D eigenvalue weighted by Gasteiger charge is 2.18. The van der Waals surface area contributed by atoms with Crippen molar-refractivity contribution in [3.63, 3.8) is 0 Å². The number of carboxylic acid groups (broad SMARTS) is 1. The number of aromatic nitrogens is 1. The van der Waals surface area contributed by atoms with Crippen molar-refractivity contribution in [2.24, 2.45) is 0 Å². The van der Waals surface area contributed by atoms with Crippen LogP contribution in [0.25, 0.3) is 6.08 Å². The maximum Gasteiger partial charge on any atom is 0.339 e. The zero-order valence-corrected chi connectivity index (χ0v) is 11.0. The van der Waals surface area contributed by atoms with E-state index in [4.69, 9.17) is 11.6 Å². The van der Waals surface area contributed by atoms with Crippen LogP contribution in [0.1, 0.15) is 15.9 Å². The van der Waals surface area contributed by atoms with Gasteiger partial charge in [0, 0.05) is 11.8 Å². The summed E-state index contributed by atoms with van der Waals surface area (Å²) in [5, 5.41) is 9.48. The van der Waals surface area contributed by atoms with Crippen molar-refractivity contribution >= 4 is 29.4 Å². The standard InChI is InChI=1S/C15H10ClNO3/c16-13-7-6-10(9-17-13)8-12(15(19)20)14(18)11-4-2-1-3-5-11/h1-9H,(H,19,20)/b12-8-. The lowest BCUT2D eigenvalue weighted by molar-refractivity contribution is -0.132. The van der Waals surface area contributed by atoms with E-state index in [1.165, 1.54) is 18.3 Å². The molecule has 0 unspecified atom stereocenters. The molecule has 0 aliphatic rings. The molecule has 0 bridgehead atoms. The van der Waals surface area contributed by atoms with Gasteiger partial charge in [-0.15, -0.1) is 0 Å². The van der Waals surface area contributed by atoms with E-state index in [1.54, 1.807) is 36.4 Å². The van der Waals surface area contributed by atoms with E-state index >= 15 is 0 Å². The van der Waals surface area contributed by atoms with Crippen LogP contribution in [0.3, 0.4) is 0 Å². The van der Waals surface area contributed by atoms with Crippen molar-refractivity contribution in [1.82, 2.24) is 4.98 Å². The molecule has 5 heteroatoms. The van der Waals surface area contributed by atoms with Crippen molar-refractivity contribution in [3.8, 4) is 0 Å². The van der Waals surface area contributed by atoms with Crippen molar-refractivity contribution < 1.29 is 14.7 Å². The van der Waals surface area contributed by atoms with E-state index in [-0.39, 0.29) is 5.57 Å². The van der Waals surface area contributed by atoms with Crippen LogP contribution in [-0.2, 0) is 4.79 Å². The number of carboxylic acids is 1. The van der Waals surface area contributed by atoms with E-state index in [0.717, 1.165) is 0 Å². The number of rotatable bonds is 4. The fourth-order valence-electron chi connectivity index (χ4n) is 1.61. The smallest absolute Gasteiger partial charge is 0.339 e. The van der Waals surface area contributed by atoms with Crippen molar-refractivity contribution in [3.05, 3.63) is 70.5 Å². The normalized spacial score (nSPS) is 11.2. The predicted octanol–water partition coefficient (Wildman–Crippen LogP) is 3.09. The second-order valence-corrected chi connectivity index (χ2v) is 4.36. The van der Waals surface area contributed by atoms with Gasteiger partial charge < -0.3 is 5.11 Å². The van der Waals surface area contributed by atoms with Crippen LogP contribution in [0, 0.1) is 0 Å². The molecule has 0 radical (unpaired) electrons.